The van der Waals surface area contributed by atoms with E-state index in [4.69, 9.17) is 16.7 Å². The highest BCUT2D eigenvalue weighted by molar-refractivity contribution is 7.14. The predicted octanol–water partition coefficient (Wildman–Crippen LogP) is 2.41. The molecular weight excluding hydrogens is 272 g/mol. The number of carbonyl (C=O) groups is 1. The van der Waals surface area contributed by atoms with E-state index < -0.39 is 5.97 Å². The first-order valence-electron chi connectivity index (χ1n) is 5.74. The van der Waals surface area contributed by atoms with Gasteiger partial charge in [0.05, 0.1) is 10.9 Å². The van der Waals surface area contributed by atoms with E-state index in [1.54, 1.807) is 0 Å². The first kappa shape index (κ1) is 15.4. The first-order chi connectivity index (χ1) is 8.40. The van der Waals surface area contributed by atoms with Crippen molar-refractivity contribution in [3.05, 3.63) is 21.3 Å². The highest BCUT2D eigenvalue weighted by Crippen LogP contribution is 2.28. The van der Waals surface area contributed by atoms with Crippen LogP contribution in [0.25, 0.3) is 0 Å². The quantitative estimate of drug-likeness (QED) is 0.837. The molecule has 1 N–H and O–H groups in total. The highest BCUT2D eigenvalue weighted by Gasteiger charge is 2.19. The SMILES string of the molecule is CC(c1csc(Cl)c1)N(CCN(C)C)CC(=O)O. The summed E-state index contributed by atoms with van der Waals surface area (Å²) < 4.78 is 0.736. The van der Waals surface area contributed by atoms with Crippen molar-refractivity contribution in [3.63, 3.8) is 0 Å². The molecule has 4 nitrogen and oxygen atoms in total. The van der Waals surface area contributed by atoms with E-state index >= 15 is 0 Å². The Labute approximate surface area is 117 Å². The number of carboxylic acid groups (broad SMARTS) is 1. The van der Waals surface area contributed by atoms with Crippen molar-refractivity contribution in [3.8, 4) is 0 Å². The molecule has 0 aliphatic rings. The summed E-state index contributed by atoms with van der Waals surface area (Å²) in [6, 6.07) is 1.96. The van der Waals surface area contributed by atoms with Gasteiger partial charge in [-0.1, -0.05) is 11.6 Å². The fraction of sp³-hybridized carbons (Fsp3) is 0.583. The third-order valence-electron chi connectivity index (χ3n) is 2.79. The van der Waals surface area contributed by atoms with Gasteiger partial charge in [0.15, 0.2) is 0 Å². The normalized spacial score (nSPS) is 13.2. The summed E-state index contributed by atoms with van der Waals surface area (Å²) in [6.45, 7) is 3.60. The topological polar surface area (TPSA) is 43.8 Å². The van der Waals surface area contributed by atoms with E-state index in [2.05, 4.69) is 0 Å². The number of halogens is 1. The molecule has 1 rings (SSSR count). The van der Waals surface area contributed by atoms with E-state index in [-0.39, 0.29) is 12.6 Å². The van der Waals surface area contributed by atoms with E-state index in [1.165, 1.54) is 11.3 Å². The Morgan fingerprint density at radius 1 is 1.50 bits per heavy atom. The second-order valence-corrected chi connectivity index (χ2v) is 6.07. The highest BCUT2D eigenvalue weighted by atomic mass is 35.5. The molecule has 0 fully saturated rings. The lowest BCUT2D eigenvalue weighted by molar-refractivity contribution is -0.138. The van der Waals surface area contributed by atoms with Gasteiger partial charge >= 0.3 is 5.97 Å². The lowest BCUT2D eigenvalue weighted by atomic mass is 10.1. The maximum absolute atomic E-state index is 10.9. The molecule has 0 saturated carbocycles. The fourth-order valence-corrected chi connectivity index (χ4v) is 2.64. The van der Waals surface area contributed by atoms with Crippen LogP contribution in [0.15, 0.2) is 11.4 Å². The number of aliphatic carboxylic acids is 1. The van der Waals surface area contributed by atoms with Gasteiger partial charge in [-0.3, -0.25) is 9.69 Å². The lowest BCUT2D eigenvalue weighted by Gasteiger charge is -2.28. The maximum Gasteiger partial charge on any atom is 0.317 e. The molecule has 102 valence electrons. The number of nitrogens with zero attached hydrogens (tertiary/aromatic N) is 2. The maximum atomic E-state index is 10.9. The monoisotopic (exact) mass is 290 g/mol. The van der Waals surface area contributed by atoms with Crippen LogP contribution in [0, 0.1) is 0 Å². The Morgan fingerprint density at radius 3 is 2.61 bits per heavy atom. The molecular formula is C12H19ClN2O2S. The van der Waals surface area contributed by atoms with Crippen LogP contribution >= 0.6 is 22.9 Å². The molecule has 1 atom stereocenters. The minimum absolute atomic E-state index is 0.0441. The van der Waals surface area contributed by atoms with Crippen molar-refractivity contribution in [1.29, 1.82) is 0 Å². The molecule has 0 aliphatic heterocycles. The van der Waals surface area contributed by atoms with Gasteiger partial charge < -0.3 is 10.0 Å². The van der Waals surface area contributed by atoms with Crippen LogP contribution < -0.4 is 0 Å². The zero-order valence-corrected chi connectivity index (χ0v) is 12.5. The third-order valence-corrected chi connectivity index (χ3v) is 3.90. The molecule has 0 aliphatic carbocycles. The zero-order chi connectivity index (χ0) is 13.7. The summed E-state index contributed by atoms with van der Waals surface area (Å²) in [6.07, 6.45) is 0. The van der Waals surface area contributed by atoms with Crippen LogP contribution in [0.1, 0.15) is 18.5 Å². The number of likely N-dealkylation sites (N-methyl/N-ethyl adjacent to an activating group) is 1. The van der Waals surface area contributed by atoms with Crippen molar-refractivity contribution in [2.24, 2.45) is 0 Å². The third kappa shape index (κ3) is 4.94. The Kier molecular flexibility index (Phi) is 6.08. The molecule has 0 saturated heterocycles. The Balaban J connectivity index is 2.71. The molecule has 0 spiro atoms. The van der Waals surface area contributed by atoms with Gasteiger partial charge in [-0.25, -0.2) is 0 Å². The van der Waals surface area contributed by atoms with Gasteiger partial charge in [0.1, 0.15) is 0 Å². The summed E-state index contributed by atoms with van der Waals surface area (Å²) in [4.78, 5) is 14.9. The number of hydrogen-bond acceptors (Lipinski definition) is 4. The van der Waals surface area contributed by atoms with Crippen molar-refractivity contribution in [2.45, 2.75) is 13.0 Å². The molecule has 1 unspecified atom stereocenters. The minimum atomic E-state index is -0.804. The first-order valence-corrected chi connectivity index (χ1v) is 7.00. The number of thiophene rings is 1. The van der Waals surface area contributed by atoms with Crippen molar-refractivity contribution in [1.82, 2.24) is 9.80 Å². The van der Waals surface area contributed by atoms with Crippen LogP contribution in [0.2, 0.25) is 4.34 Å². The molecule has 6 heteroatoms. The van der Waals surface area contributed by atoms with E-state index in [1.807, 2.05) is 42.3 Å². The van der Waals surface area contributed by atoms with Gasteiger partial charge in [-0.15, -0.1) is 11.3 Å². The van der Waals surface area contributed by atoms with Crippen LogP contribution in [-0.4, -0.2) is 54.6 Å². The zero-order valence-electron chi connectivity index (χ0n) is 10.9. The van der Waals surface area contributed by atoms with Crippen LogP contribution in [0.4, 0.5) is 0 Å². The summed E-state index contributed by atoms with van der Waals surface area (Å²) in [5.74, 6) is -0.804. The molecule has 0 aromatic carbocycles. The number of rotatable bonds is 7. The van der Waals surface area contributed by atoms with Crippen molar-refractivity contribution < 1.29 is 9.90 Å². The summed E-state index contributed by atoms with van der Waals surface area (Å²) >= 11 is 7.39. The van der Waals surface area contributed by atoms with Gasteiger partial charge in [0, 0.05) is 19.1 Å². The second kappa shape index (κ2) is 7.09. The molecule has 0 radical (unpaired) electrons. The number of hydrogen-bond donors (Lipinski definition) is 1. The van der Waals surface area contributed by atoms with Gasteiger partial charge in [-0.2, -0.15) is 0 Å². The molecule has 0 bridgehead atoms. The summed E-state index contributed by atoms with van der Waals surface area (Å²) in [5.41, 5.74) is 1.07. The van der Waals surface area contributed by atoms with Crippen LogP contribution in [0.3, 0.4) is 0 Å². The standard InChI is InChI=1S/C12H19ClN2O2S/c1-9(10-6-11(13)18-8-10)15(7-12(16)17)5-4-14(2)3/h6,8-9H,4-5,7H2,1-3H3,(H,16,17). The fourth-order valence-electron chi connectivity index (χ4n) is 1.67. The van der Waals surface area contributed by atoms with E-state index in [9.17, 15) is 4.79 Å². The molecule has 1 heterocycles. The molecule has 1 aromatic rings. The summed E-state index contributed by atoms with van der Waals surface area (Å²) in [5, 5.41) is 11.0. The number of carboxylic acids is 1. The average molecular weight is 291 g/mol. The largest absolute Gasteiger partial charge is 0.480 e. The van der Waals surface area contributed by atoms with Gasteiger partial charge in [0.2, 0.25) is 0 Å². The minimum Gasteiger partial charge on any atom is -0.480 e. The van der Waals surface area contributed by atoms with Crippen molar-refractivity contribution in [2.75, 3.05) is 33.7 Å². The smallest absolute Gasteiger partial charge is 0.317 e. The van der Waals surface area contributed by atoms with E-state index in [0.29, 0.717) is 6.54 Å². The molecule has 18 heavy (non-hydrogen) atoms. The summed E-state index contributed by atoms with van der Waals surface area (Å²) in [7, 11) is 3.95. The Hall–Kier alpha value is -0.620. The molecule has 1 aromatic heterocycles. The predicted molar refractivity (Wildman–Crippen MR) is 75.5 cm³/mol. The van der Waals surface area contributed by atoms with Crippen LogP contribution in [0.5, 0.6) is 0 Å². The van der Waals surface area contributed by atoms with Crippen molar-refractivity contribution >= 4 is 28.9 Å². The average Bonchev–Trinajstić information content (AvgIpc) is 2.69. The second-order valence-electron chi connectivity index (χ2n) is 4.53. The van der Waals surface area contributed by atoms with E-state index in [0.717, 1.165) is 16.4 Å². The lowest BCUT2D eigenvalue weighted by Crippen LogP contribution is -2.37. The Morgan fingerprint density at radius 2 is 2.17 bits per heavy atom. The van der Waals surface area contributed by atoms with Crippen LogP contribution in [-0.2, 0) is 4.79 Å². The Bertz CT molecular complexity index is 395. The molecule has 0 amide bonds. The van der Waals surface area contributed by atoms with Gasteiger partial charge in [0.25, 0.3) is 0 Å². The van der Waals surface area contributed by atoms with Gasteiger partial charge in [-0.05, 0) is 38.0 Å².